The van der Waals surface area contributed by atoms with Gasteiger partial charge in [-0.15, -0.1) is 0 Å². The number of carbonyl (C=O) groups excluding carboxylic acids is 1. The van der Waals surface area contributed by atoms with Gasteiger partial charge in [-0.25, -0.2) is 0 Å². The van der Waals surface area contributed by atoms with E-state index in [1.54, 1.807) is 14.2 Å². The van der Waals surface area contributed by atoms with Gasteiger partial charge in [-0.1, -0.05) is 17.7 Å². The number of nitrogens with one attached hydrogen (secondary N) is 2. The van der Waals surface area contributed by atoms with E-state index in [-0.39, 0.29) is 5.91 Å². The second kappa shape index (κ2) is 9.92. The molecule has 140 valence electrons. The van der Waals surface area contributed by atoms with E-state index in [2.05, 4.69) is 10.6 Å². The second-order valence-corrected chi connectivity index (χ2v) is 6.36. The minimum Gasteiger partial charge on any atom is -0.493 e. The highest BCUT2D eigenvalue weighted by atomic mass is 35.5. The Balaban J connectivity index is 1.72. The first-order valence-corrected chi connectivity index (χ1v) is 8.89. The maximum atomic E-state index is 12.0. The predicted molar refractivity (Wildman–Crippen MR) is 106 cm³/mol. The minimum atomic E-state index is 0.0181. The summed E-state index contributed by atoms with van der Waals surface area (Å²) in [6.45, 7) is 3.14. The highest BCUT2D eigenvalue weighted by Crippen LogP contribution is 2.27. The van der Waals surface area contributed by atoms with E-state index < -0.39 is 0 Å². The molecule has 0 unspecified atom stereocenters. The fourth-order valence-corrected chi connectivity index (χ4v) is 2.83. The van der Waals surface area contributed by atoms with Gasteiger partial charge >= 0.3 is 0 Å². The average molecular weight is 377 g/mol. The fraction of sp³-hybridized carbons (Fsp3) is 0.350. The first-order valence-electron chi connectivity index (χ1n) is 8.51. The number of methoxy groups -OCH3 is 2. The zero-order valence-electron chi connectivity index (χ0n) is 15.4. The highest BCUT2D eigenvalue weighted by Gasteiger charge is 2.06. The summed E-state index contributed by atoms with van der Waals surface area (Å²) in [5, 5.41) is 6.90. The van der Waals surface area contributed by atoms with Crippen LogP contribution < -0.4 is 20.1 Å². The minimum absolute atomic E-state index is 0.0181. The van der Waals surface area contributed by atoms with E-state index in [1.165, 1.54) is 0 Å². The van der Waals surface area contributed by atoms with Crippen molar-refractivity contribution in [3.63, 3.8) is 0 Å². The van der Waals surface area contributed by atoms with Gasteiger partial charge in [-0.2, -0.15) is 0 Å². The molecule has 1 amide bonds. The molecule has 0 fully saturated rings. The van der Waals surface area contributed by atoms with Gasteiger partial charge in [0.15, 0.2) is 11.5 Å². The Hall–Kier alpha value is -2.40. The molecule has 6 heteroatoms. The summed E-state index contributed by atoms with van der Waals surface area (Å²) in [5.74, 6) is 1.41. The molecule has 0 aliphatic heterocycles. The molecule has 0 spiro atoms. The van der Waals surface area contributed by atoms with Crippen LogP contribution in [0.3, 0.4) is 0 Å². The molecule has 26 heavy (non-hydrogen) atoms. The zero-order chi connectivity index (χ0) is 18.9. The van der Waals surface area contributed by atoms with Gasteiger partial charge in [0.1, 0.15) is 0 Å². The summed E-state index contributed by atoms with van der Waals surface area (Å²) >= 11 is 5.94. The van der Waals surface area contributed by atoms with Crippen LogP contribution in [0.5, 0.6) is 11.5 Å². The summed E-state index contributed by atoms with van der Waals surface area (Å²) in [5.41, 5.74) is 3.14. The number of carbonyl (C=O) groups is 1. The van der Waals surface area contributed by atoms with Crippen LogP contribution in [0.15, 0.2) is 36.4 Å². The van der Waals surface area contributed by atoms with Crippen LogP contribution in [-0.2, 0) is 11.2 Å². The van der Waals surface area contributed by atoms with Crippen LogP contribution in [0.4, 0.5) is 5.69 Å². The van der Waals surface area contributed by atoms with E-state index in [9.17, 15) is 4.79 Å². The maximum absolute atomic E-state index is 12.0. The first kappa shape index (κ1) is 19.9. The average Bonchev–Trinajstić information content (AvgIpc) is 2.63. The molecular formula is C20H25ClN2O3. The summed E-state index contributed by atoms with van der Waals surface area (Å²) < 4.78 is 10.5. The first-order chi connectivity index (χ1) is 12.5. The van der Waals surface area contributed by atoms with Crippen LogP contribution in [0, 0.1) is 6.92 Å². The molecule has 2 aromatic carbocycles. The number of rotatable bonds is 9. The molecule has 0 saturated carbocycles. The lowest BCUT2D eigenvalue weighted by molar-refractivity contribution is -0.120. The summed E-state index contributed by atoms with van der Waals surface area (Å²) in [4.78, 5) is 12.0. The maximum Gasteiger partial charge on any atom is 0.221 e. The molecule has 0 atom stereocenters. The topological polar surface area (TPSA) is 59.6 Å². The number of halogens is 1. The molecule has 5 nitrogen and oxygen atoms in total. The van der Waals surface area contributed by atoms with Crippen molar-refractivity contribution in [2.24, 2.45) is 0 Å². The molecular weight excluding hydrogens is 352 g/mol. The molecule has 0 heterocycles. The van der Waals surface area contributed by atoms with Gasteiger partial charge in [-0.3, -0.25) is 4.79 Å². The number of anilines is 1. The molecule has 0 bridgehead atoms. The molecule has 2 aromatic rings. The third kappa shape index (κ3) is 5.85. The van der Waals surface area contributed by atoms with Gasteiger partial charge in [0, 0.05) is 30.2 Å². The van der Waals surface area contributed by atoms with Crippen molar-refractivity contribution in [3.8, 4) is 11.5 Å². The summed E-state index contributed by atoms with van der Waals surface area (Å²) in [7, 11) is 3.22. The Morgan fingerprint density at radius 2 is 1.81 bits per heavy atom. The molecule has 2 N–H and O–H groups in total. The van der Waals surface area contributed by atoms with Gasteiger partial charge in [0.05, 0.1) is 14.2 Å². The third-order valence-electron chi connectivity index (χ3n) is 4.04. The van der Waals surface area contributed by atoms with E-state index >= 15 is 0 Å². The third-order valence-corrected chi connectivity index (χ3v) is 4.27. The molecule has 0 aliphatic carbocycles. The molecule has 0 radical (unpaired) electrons. The van der Waals surface area contributed by atoms with Gasteiger partial charge < -0.3 is 20.1 Å². The van der Waals surface area contributed by atoms with E-state index in [1.807, 2.05) is 43.3 Å². The van der Waals surface area contributed by atoms with Crippen LogP contribution in [-0.4, -0.2) is 33.2 Å². The van der Waals surface area contributed by atoms with Crippen molar-refractivity contribution >= 4 is 23.2 Å². The van der Waals surface area contributed by atoms with Crippen molar-refractivity contribution in [2.75, 3.05) is 32.6 Å². The number of amides is 1. The number of hydrogen-bond acceptors (Lipinski definition) is 4. The van der Waals surface area contributed by atoms with Crippen molar-refractivity contribution < 1.29 is 14.3 Å². The number of hydrogen-bond donors (Lipinski definition) is 2. The molecule has 0 aromatic heterocycles. The van der Waals surface area contributed by atoms with Gasteiger partial charge in [0.2, 0.25) is 5.91 Å². The largest absolute Gasteiger partial charge is 0.493 e. The van der Waals surface area contributed by atoms with Crippen molar-refractivity contribution in [1.29, 1.82) is 0 Å². The normalized spacial score (nSPS) is 10.3. The van der Waals surface area contributed by atoms with Crippen LogP contribution in [0.2, 0.25) is 5.02 Å². The van der Waals surface area contributed by atoms with E-state index in [0.29, 0.717) is 36.0 Å². The number of benzene rings is 2. The lowest BCUT2D eigenvalue weighted by Gasteiger charge is -2.11. The Bertz CT molecular complexity index is 750. The number of ether oxygens (including phenoxy) is 2. The van der Waals surface area contributed by atoms with Crippen LogP contribution >= 0.6 is 11.6 Å². The molecule has 0 saturated heterocycles. The lowest BCUT2D eigenvalue weighted by atomic mass is 10.1. The predicted octanol–water partition coefficient (Wildman–Crippen LogP) is 3.83. The number of aryl methyl sites for hydroxylation is 1. The smallest absolute Gasteiger partial charge is 0.221 e. The quantitative estimate of drug-likeness (QED) is 0.698. The van der Waals surface area contributed by atoms with Crippen molar-refractivity contribution in [2.45, 2.75) is 19.8 Å². The van der Waals surface area contributed by atoms with Crippen LogP contribution in [0.1, 0.15) is 17.5 Å². The Labute approximate surface area is 159 Å². The van der Waals surface area contributed by atoms with E-state index in [4.69, 9.17) is 21.1 Å². The zero-order valence-corrected chi connectivity index (χ0v) is 16.2. The van der Waals surface area contributed by atoms with E-state index in [0.717, 1.165) is 23.2 Å². The Kier molecular flexibility index (Phi) is 7.60. The monoisotopic (exact) mass is 376 g/mol. The molecule has 2 rings (SSSR count). The molecule has 0 aliphatic rings. The fourth-order valence-electron chi connectivity index (χ4n) is 2.61. The standard InChI is InChI=1S/C20H25ClN2O3/c1-14-12-16(21)5-6-17(14)22-11-9-20(24)23-10-8-15-4-7-18(25-2)19(13-15)26-3/h4-7,12-13,22H,8-11H2,1-3H3,(H,23,24). The Morgan fingerprint density at radius 1 is 1.04 bits per heavy atom. The summed E-state index contributed by atoms with van der Waals surface area (Å²) in [6, 6.07) is 11.4. The SMILES string of the molecule is COc1ccc(CCNC(=O)CCNc2ccc(Cl)cc2C)cc1OC. The highest BCUT2D eigenvalue weighted by molar-refractivity contribution is 6.30. The van der Waals surface area contributed by atoms with Crippen molar-refractivity contribution in [3.05, 3.63) is 52.5 Å². The van der Waals surface area contributed by atoms with Crippen LogP contribution in [0.25, 0.3) is 0 Å². The lowest BCUT2D eigenvalue weighted by Crippen LogP contribution is -2.27. The Morgan fingerprint density at radius 3 is 2.50 bits per heavy atom. The van der Waals surface area contributed by atoms with Gasteiger partial charge in [-0.05, 0) is 54.8 Å². The second-order valence-electron chi connectivity index (χ2n) is 5.93. The summed E-state index contributed by atoms with van der Waals surface area (Å²) in [6.07, 6.45) is 1.14. The van der Waals surface area contributed by atoms with Gasteiger partial charge in [0.25, 0.3) is 0 Å². The van der Waals surface area contributed by atoms with Crippen molar-refractivity contribution in [1.82, 2.24) is 5.32 Å².